The summed E-state index contributed by atoms with van der Waals surface area (Å²) in [7, 11) is 0. The minimum atomic E-state index is -1.41. The lowest BCUT2D eigenvalue weighted by atomic mass is 9.92. The molecule has 3 rings (SSSR count). The van der Waals surface area contributed by atoms with Gasteiger partial charge in [-0.1, -0.05) is 28.1 Å². The van der Waals surface area contributed by atoms with E-state index in [4.69, 9.17) is 0 Å². The number of carbonyl (C=O) groups excluding carboxylic acids is 3. The van der Waals surface area contributed by atoms with Crippen molar-refractivity contribution in [2.45, 2.75) is 25.4 Å². The quantitative estimate of drug-likeness (QED) is 0.378. The highest BCUT2D eigenvalue weighted by atomic mass is 79.9. The molecule has 1 aliphatic rings. The fourth-order valence-corrected chi connectivity index (χ4v) is 3.48. The third-order valence-electron chi connectivity index (χ3n) is 4.98. The molecule has 1 aliphatic heterocycles. The van der Waals surface area contributed by atoms with Gasteiger partial charge in [-0.3, -0.25) is 24.6 Å². The highest BCUT2D eigenvalue weighted by molar-refractivity contribution is 9.10. The molecule has 4 amide bonds. The van der Waals surface area contributed by atoms with Gasteiger partial charge in [0.05, 0.1) is 11.0 Å². The normalized spacial score (nSPS) is 19.4. The lowest BCUT2D eigenvalue weighted by molar-refractivity contribution is -0.384. The topological polar surface area (TPSA) is 122 Å². The lowest BCUT2D eigenvalue weighted by Gasteiger charge is -2.22. The molecule has 10 heteroatoms. The van der Waals surface area contributed by atoms with Gasteiger partial charge in [-0.2, -0.15) is 0 Å². The van der Waals surface area contributed by atoms with E-state index in [-0.39, 0.29) is 11.7 Å². The second-order valence-corrected chi connectivity index (χ2v) is 8.01. The highest BCUT2D eigenvalue weighted by Gasteiger charge is 2.49. The van der Waals surface area contributed by atoms with E-state index in [0.29, 0.717) is 5.56 Å². The summed E-state index contributed by atoms with van der Waals surface area (Å²) >= 11 is 3.35. The van der Waals surface area contributed by atoms with Crippen LogP contribution in [0.25, 0.3) is 0 Å². The predicted molar refractivity (Wildman–Crippen MR) is 111 cm³/mol. The maximum atomic E-state index is 12.9. The first-order valence-corrected chi connectivity index (χ1v) is 9.85. The Kier molecular flexibility index (Phi) is 5.88. The molecule has 156 valence electrons. The van der Waals surface area contributed by atoms with Crippen molar-refractivity contribution in [3.8, 4) is 0 Å². The summed E-state index contributed by atoms with van der Waals surface area (Å²) < 4.78 is 0.912. The summed E-state index contributed by atoms with van der Waals surface area (Å²) in [6, 6.07) is 11.7. The summed E-state index contributed by atoms with van der Waals surface area (Å²) in [5.74, 6) is -1.09. The van der Waals surface area contributed by atoms with Crippen LogP contribution in [0.1, 0.15) is 31.0 Å². The number of urea groups is 1. The Labute approximate surface area is 180 Å². The van der Waals surface area contributed by atoms with Gasteiger partial charge in [-0.15, -0.1) is 0 Å². The predicted octanol–water partition coefficient (Wildman–Crippen LogP) is 3.00. The summed E-state index contributed by atoms with van der Waals surface area (Å²) in [5.41, 5.74) is -0.279. The SMILES string of the molecule is CC(NC(=O)CN1C(=O)NC(C)(c2ccc([N+](=O)[O-])cc2)C1=O)c1ccc(Br)cc1. The minimum Gasteiger partial charge on any atom is -0.348 e. The number of rotatable bonds is 6. The molecule has 0 spiro atoms. The Morgan fingerprint density at radius 2 is 1.80 bits per heavy atom. The lowest BCUT2D eigenvalue weighted by Crippen LogP contribution is -2.43. The molecule has 1 heterocycles. The summed E-state index contributed by atoms with van der Waals surface area (Å²) in [5, 5.41) is 16.2. The van der Waals surface area contributed by atoms with Crippen LogP contribution in [-0.4, -0.2) is 34.2 Å². The van der Waals surface area contributed by atoms with Gasteiger partial charge in [-0.05, 0) is 49.2 Å². The van der Waals surface area contributed by atoms with E-state index in [9.17, 15) is 24.5 Å². The van der Waals surface area contributed by atoms with E-state index in [1.54, 1.807) is 6.92 Å². The van der Waals surface area contributed by atoms with Gasteiger partial charge >= 0.3 is 6.03 Å². The Hall–Kier alpha value is -3.27. The van der Waals surface area contributed by atoms with Crippen molar-refractivity contribution in [1.29, 1.82) is 0 Å². The Balaban J connectivity index is 1.70. The Morgan fingerprint density at radius 3 is 2.37 bits per heavy atom. The molecule has 0 aliphatic carbocycles. The Morgan fingerprint density at radius 1 is 1.20 bits per heavy atom. The van der Waals surface area contributed by atoms with Crippen LogP contribution in [0.2, 0.25) is 0 Å². The van der Waals surface area contributed by atoms with Crippen LogP contribution in [0.5, 0.6) is 0 Å². The molecule has 0 aromatic heterocycles. The van der Waals surface area contributed by atoms with E-state index >= 15 is 0 Å². The number of nitro groups is 1. The number of halogens is 1. The number of nitrogens with one attached hydrogen (secondary N) is 2. The van der Waals surface area contributed by atoms with E-state index in [0.717, 1.165) is 14.9 Å². The molecule has 0 bridgehead atoms. The van der Waals surface area contributed by atoms with E-state index < -0.39 is 34.9 Å². The second kappa shape index (κ2) is 8.23. The largest absolute Gasteiger partial charge is 0.348 e. The molecule has 2 N–H and O–H groups in total. The minimum absolute atomic E-state index is 0.128. The zero-order valence-corrected chi connectivity index (χ0v) is 17.8. The van der Waals surface area contributed by atoms with Crippen LogP contribution in [0.4, 0.5) is 10.5 Å². The number of hydrogen-bond acceptors (Lipinski definition) is 5. The molecular weight excluding hydrogens is 456 g/mol. The number of nitrogens with zero attached hydrogens (tertiary/aromatic N) is 2. The molecule has 0 radical (unpaired) electrons. The van der Waals surface area contributed by atoms with Crippen LogP contribution in [0, 0.1) is 10.1 Å². The van der Waals surface area contributed by atoms with Gasteiger partial charge in [0.1, 0.15) is 12.1 Å². The monoisotopic (exact) mass is 474 g/mol. The first-order chi connectivity index (χ1) is 14.1. The van der Waals surface area contributed by atoms with Crippen molar-refractivity contribution in [2.24, 2.45) is 0 Å². The maximum absolute atomic E-state index is 12.9. The van der Waals surface area contributed by atoms with Crippen molar-refractivity contribution in [3.63, 3.8) is 0 Å². The van der Waals surface area contributed by atoms with E-state index in [1.165, 1.54) is 31.2 Å². The summed E-state index contributed by atoms with van der Waals surface area (Å²) in [6.45, 7) is 2.86. The van der Waals surface area contributed by atoms with Crippen molar-refractivity contribution >= 4 is 39.5 Å². The van der Waals surface area contributed by atoms with Gasteiger partial charge < -0.3 is 10.6 Å². The van der Waals surface area contributed by atoms with Gasteiger partial charge in [0.2, 0.25) is 5.91 Å². The number of non-ortho nitro benzene ring substituents is 1. The third kappa shape index (κ3) is 4.18. The first kappa shape index (κ1) is 21.4. The number of benzene rings is 2. The molecule has 2 aromatic carbocycles. The number of amides is 4. The summed E-state index contributed by atoms with van der Waals surface area (Å²) in [4.78, 5) is 48.8. The molecule has 1 fully saturated rings. The van der Waals surface area contributed by atoms with Crippen molar-refractivity contribution in [3.05, 3.63) is 74.2 Å². The second-order valence-electron chi connectivity index (χ2n) is 7.09. The fraction of sp³-hybridized carbons (Fsp3) is 0.250. The average molecular weight is 475 g/mol. The maximum Gasteiger partial charge on any atom is 0.325 e. The number of carbonyl (C=O) groups is 3. The van der Waals surface area contributed by atoms with Crippen LogP contribution in [0.3, 0.4) is 0 Å². The fourth-order valence-electron chi connectivity index (χ4n) is 3.22. The first-order valence-electron chi connectivity index (χ1n) is 9.05. The molecule has 2 aromatic rings. The van der Waals surface area contributed by atoms with Crippen molar-refractivity contribution in [2.75, 3.05) is 6.54 Å². The van der Waals surface area contributed by atoms with Crippen LogP contribution in [0.15, 0.2) is 53.0 Å². The number of nitro benzene ring substituents is 1. The van der Waals surface area contributed by atoms with E-state index in [2.05, 4.69) is 26.6 Å². The highest BCUT2D eigenvalue weighted by Crippen LogP contribution is 2.30. The standard InChI is InChI=1S/C20H19BrN4O5/c1-12(13-3-7-15(21)8-4-13)22-17(26)11-24-18(27)20(2,23-19(24)28)14-5-9-16(10-6-14)25(29)30/h3-10,12H,11H2,1-2H3,(H,22,26)(H,23,28). The molecule has 1 saturated heterocycles. The van der Waals surface area contributed by atoms with Crippen molar-refractivity contribution < 1.29 is 19.3 Å². The number of imide groups is 1. The zero-order chi connectivity index (χ0) is 22.1. The number of hydrogen-bond donors (Lipinski definition) is 2. The molecule has 30 heavy (non-hydrogen) atoms. The molecule has 2 unspecified atom stereocenters. The molecular formula is C20H19BrN4O5. The molecule has 2 atom stereocenters. The van der Waals surface area contributed by atoms with Crippen LogP contribution in [-0.2, 0) is 15.1 Å². The smallest absolute Gasteiger partial charge is 0.325 e. The molecule has 9 nitrogen and oxygen atoms in total. The Bertz CT molecular complexity index is 1010. The van der Waals surface area contributed by atoms with Crippen molar-refractivity contribution in [1.82, 2.24) is 15.5 Å². The van der Waals surface area contributed by atoms with Crippen LogP contribution >= 0.6 is 15.9 Å². The zero-order valence-electron chi connectivity index (χ0n) is 16.2. The average Bonchev–Trinajstić information content (AvgIpc) is 2.92. The van der Waals surface area contributed by atoms with Gasteiger partial charge in [-0.25, -0.2) is 4.79 Å². The van der Waals surface area contributed by atoms with Gasteiger partial charge in [0, 0.05) is 16.6 Å². The van der Waals surface area contributed by atoms with Gasteiger partial charge in [0.15, 0.2) is 0 Å². The van der Waals surface area contributed by atoms with Crippen LogP contribution < -0.4 is 10.6 Å². The van der Waals surface area contributed by atoms with E-state index in [1.807, 2.05) is 24.3 Å². The summed E-state index contributed by atoms with van der Waals surface area (Å²) in [6.07, 6.45) is 0. The molecule has 0 saturated carbocycles. The van der Waals surface area contributed by atoms with Gasteiger partial charge in [0.25, 0.3) is 11.6 Å². The third-order valence-corrected chi connectivity index (χ3v) is 5.51.